The molecule has 7 heteroatoms. The fraction of sp³-hybridized carbons (Fsp3) is 0.133. The number of nitro groups is 1. The number of amides is 1. The molecule has 0 aliphatic heterocycles. The van der Waals surface area contributed by atoms with Crippen LogP contribution < -0.4 is 10.1 Å². The lowest BCUT2D eigenvalue weighted by Crippen LogP contribution is -2.23. The molecule has 0 atom stereocenters. The van der Waals surface area contributed by atoms with Gasteiger partial charge in [-0.3, -0.25) is 14.9 Å². The van der Waals surface area contributed by atoms with Crippen LogP contribution in [-0.2, 0) is 6.54 Å². The third kappa shape index (κ3) is 3.82. The molecule has 22 heavy (non-hydrogen) atoms. The molecule has 1 amide bonds. The van der Waals surface area contributed by atoms with Crippen LogP contribution in [0.15, 0.2) is 46.9 Å². The highest BCUT2D eigenvalue weighted by molar-refractivity contribution is 9.10. The number of nitro benzene ring substituents is 1. The first-order valence-electron chi connectivity index (χ1n) is 6.36. The molecule has 1 N–H and O–H groups in total. The van der Waals surface area contributed by atoms with Crippen molar-refractivity contribution in [2.24, 2.45) is 0 Å². The van der Waals surface area contributed by atoms with E-state index in [9.17, 15) is 14.9 Å². The summed E-state index contributed by atoms with van der Waals surface area (Å²) in [6.07, 6.45) is 0. The standard InChI is InChI=1S/C15H13BrN2O4/c1-22-12-6-7-14(16)13(8-12)15(19)17-9-10-2-4-11(5-3-10)18(20)21/h2-8H,9H2,1H3,(H,17,19). The number of benzene rings is 2. The van der Waals surface area contributed by atoms with Gasteiger partial charge in [0, 0.05) is 23.2 Å². The number of rotatable bonds is 5. The predicted molar refractivity (Wildman–Crippen MR) is 85.0 cm³/mol. The van der Waals surface area contributed by atoms with Gasteiger partial charge in [-0.1, -0.05) is 12.1 Å². The van der Waals surface area contributed by atoms with Gasteiger partial charge in [0.25, 0.3) is 11.6 Å². The lowest BCUT2D eigenvalue weighted by Gasteiger charge is -2.08. The minimum atomic E-state index is -0.463. The van der Waals surface area contributed by atoms with Gasteiger partial charge in [0.05, 0.1) is 17.6 Å². The number of carbonyl (C=O) groups excluding carboxylic acids is 1. The lowest BCUT2D eigenvalue weighted by atomic mass is 10.1. The Morgan fingerprint density at radius 2 is 1.95 bits per heavy atom. The van der Waals surface area contributed by atoms with Crippen molar-refractivity contribution < 1.29 is 14.5 Å². The largest absolute Gasteiger partial charge is 0.497 e. The molecule has 0 heterocycles. The van der Waals surface area contributed by atoms with Gasteiger partial charge in [0.2, 0.25) is 0 Å². The van der Waals surface area contributed by atoms with E-state index < -0.39 is 4.92 Å². The Morgan fingerprint density at radius 3 is 2.55 bits per heavy atom. The van der Waals surface area contributed by atoms with Gasteiger partial charge in [-0.15, -0.1) is 0 Å². The van der Waals surface area contributed by atoms with Gasteiger partial charge in [0.1, 0.15) is 5.75 Å². The Balaban J connectivity index is 2.05. The van der Waals surface area contributed by atoms with E-state index in [2.05, 4.69) is 21.2 Å². The summed E-state index contributed by atoms with van der Waals surface area (Å²) in [6.45, 7) is 0.278. The maximum atomic E-state index is 12.2. The predicted octanol–water partition coefficient (Wildman–Crippen LogP) is 3.30. The lowest BCUT2D eigenvalue weighted by molar-refractivity contribution is -0.384. The van der Waals surface area contributed by atoms with Crippen molar-refractivity contribution >= 4 is 27.5 Å². The molecule has 0 unspecified atom stereocenters. The molecule has 0 aliphatic rings. The van der Waals surface area contributed by atoms with Crippen LogP contribution >= 0.6 is 15.9 Å². The first-order valence-corrected chi connectivity index (χ1v) is 7.15. The summed E-state index contributed by atoms with van der Waals surface area (Å²) in [4.78, 5) is 22.3. The molecule has 2 aromatic carbocycles. The van der Waals surface area contributed by atoms with Crippen LogP contribution in [0.2, 0.25) is 0 Å². The highest BCUT2D eigenvalue weighted by Crippen LogP contribution is 2.22. The van der Waals surface area contributed by atoms with E-state index >= 15 is 0 Å². The fourth-order valence-electron chi connectivity index (χ4n) is 1.82. The molecule has 0 aliphatic carbocycles. The van der Waals surface area contributed by atoms with Crippen molar-refractivity contribution in [3.8, 4) is 5.75 Å². The molecule has 0 fully saturated rings. The van der Waals surface area contributed by atoms with Gasteiger partial charge < -0.3 is 10.1 Å². The summed E-state index contributed by atoms with van der Waals surface area (Å²) in [5.41, 5.74) is 1.25. The van der Waals surface area contributed by atoms with E-state index in [4.69, 9.17) is 4.74 Å². The van der Waals surface area contributed by atoms with Gasteiger partial charge >= 0.3 is 0 Å². The van der Waals surface area contributed by atoms with E-state index in [0.29, 0.717) is 15.8 Å². The molecule has 0 radical (unpaired) electrons. The average Bonchev–Trinajstić information content (AvgIpc) is 2.53. The molecule has 6 nitrogen and oxygen atoms in total. The molecule has 2 rings (SSSR count). The molecular formula is C15H13BrN2O4. The molecular weight excluding hydrogens is 352 g/mol. The number of hydrogen-bond donors (Lipinski definition) is 1. The quantitative estimate of drug-likeness (QED) is 0.651. The Bertz CT molecular complexity index is 701. The number of halogens is 1. The van der Waals surface area contributed by atoms with E-state index in [1.54, 1.807) is 30.3 Å². The highest BCUT2D eigenvalue weighted by Gasteiger charge is 2.11. The Labute approximate surface area is 135 Å². The third-order valence-corrected chi connectivity index (χ3v) is 3.71. The topological polar surface area (TPSA) is 81.5 Å². The van der Waals surface area contributed by atoms with Crippen molar-refractivity contribution in [3.63, 3.8) is 0 Å². The molecule has 2 aromatic rings. The monoisotopic (exact) mass is 364 g/mol. The van der Waals surface area contributed by atoms with E-state index in [0.717, 1.165) is 5.56 Å². The zero-order chi connectivity index (χ0) is 16.1. The summed E-state index contributed by atoms with van der Waals surface area (Å²) < 4.78 is 5.76. The normalized spacial score (nSPS) is 10.1. The van der Waals surface area contributed by atoms with Crippen LogP contribution in [0.4, 0.5) is 5.69 Å². The number of non-ortho nitro benzene ring substituents is 1. The van der Waals surface area contributed by atoms with Crippen molar-refractivity contribution in [2.45, 2.75) is 6.54 Å². The average molecular weight is 365 g/mol. The minimum absolute atomic E-state index is 0.0191. The van der Waals surface area contributed by atoms with Crippen molar-refractivity contribution in [1.29, 1.82) is 0 Å². The number of nitrogens with one attached hydrogen (secondary N) is 1. The first-order chi connectivity index (χ1) is 10.5. The summed E-state index contributed by atoms with van der Waals surface area (Å²) in [5.74, 6) is 0.327. The second-order valence-corrected chi connectivity index (χ2v) is 5.31. The summed E-state index contributed by atoms with van der Waals surface area (Å²) in [7, 11) is 1.53. The number of carbonyl (C=O) groups is 1. The Hall–Kier alpha value is -2.41. The molecule has 0 saturated heterocycles. The van der Waals surface area contributed by atoms with Crippen LogP contribution in [0.1, 0.15) is 15.9 Å². The van der Waals surface area contributed by atoms with Crippen molar-refractivity contribution in [2.75, 3.05) is 7.11 Å². The van der Waals surface area contributed by atoms with Crippen LogP contribution in [0.25, 0.3) is 0 Å². The molecule has 0 aromatic heterocycles. The highest BCUT2D eigenvalue weighted by atomic mass is 79.9. The van der Waals surface area contributed by atoms with Crippen LogP contribution in [0, 0.1) is 10.1 Å². The number of hydrogen-bond acceptors (Lipinski definition) is 4. The fourth-order valence-corrected chi connectivity index (χ4v) is 2.25. The Kier molecular flexibility index (Phi) is 5.11. The summed E-state index contributed by atoms with van der Waals surface area (Å²) in [6, 6.07) is 11.1. The summed E-state index contributed by atoms with van der Waals surface area (Å²) in [5, 5.41) is 13.3. The van der Waals surface area contributed by atoms with E-state index in [1.807, 2.05) is 0 Å². The number of nitrogens with zero attached hydrogens (tertiary/aromatic N) is 1. The van der Waals surface area contributed by atoms with Gasteiger partial charge in [-0.25, -0.2) is 0 Å². The van der Waals surface area contributed by atoms with Gasteiger partial charge in [-0.05, 0) is 39.7 Å². The van der Waals surface area contributed by atoms with E-state index in [1.165, 1.54) is 19.2 Å². The maximum absolute atomic E-state index is 12.2. The van der Waals surface area contributed by atoms with Crippen LogP contribution in [0.3, 0.4) is 0 Å². The van der Waals surface area contributed by atoms with Crippen molar-refractivity contribution in [3.05, 3.63) is 68.2 Å². The Morgan fingerprint density at radius 1 is 1.27 bits per heavy atom. The third-order valence-electron chi connectivity index (χ3n) is 3.02. The molecule has 0 spiro atoms. The number of methoxy groups -OCH3 is 1. The smallest absolute Gasteiger partial charge is 0.269 e. The van der Waals surface area contributed by atoms with Crippen molar-refractivity contribution in [1.82, 2.24) is 5.32 Å². The molecule has 114 valence electrons. The number of ether oxygens (including phenoxy) is 1. The second kappa shape index (κ2) is 7.04. The SMILES string of the molecule is COc1ccc(Br)c(C(=O)NCc2ccc([N+](=O)[O-])cc2)c1. The maximum Gasteiger partial charge on any atom is 0.269 e. The van der Waals surface area contributed by atoms with Gasteiger partial charge in [-0.2, -0.15) is 0 Å². The zero-order valence-electron chi connectivity index (χ0n) is 11.7. The molecule has 0 bridgehead atoms. The molecule has 0 saturated carbocycles. The first kappa shape index (κ1) is 16.0. The van der Waals surface area contributed by atoms with Crippen LogP contribution in [-0.4, -0.2) is 17.9 Å². The van der Waals surface area contributed by atoms with Gasteiger partial charge in [0.15, 0.2) is 0 Å². The second-order valence-electron chi connectivity index (χ2n) is 4.45. The minimum Gasteiger partial charge on any atom is -0.497 e. The van der Waals surface area contributed by atoms with Crippen LogP contribution in [0.5, 0.6) is 5.75 Å². The zero-order valence-corrected chi connectivity index (χ0v) is 13.3. The van der Waals surface area contributed by atoms with E-state index in [-0.39, 0.29) is 18.1 Å². The summed E-state index contributed by atoms with van der Waals surface area (Å²) >= 11 is 3.32.